The lowest BCUT2D eigenvalue weighted by molar-refractivity contribution is -0.141. The van der Waals surface area contributed by atoms with E-state index in [1.54, 1.807) is 20.8 Å². The van der Waals surface area contributed by atoms with Crippen LogP contribution >= 0.6 is 0 Å². The van der Waals surface area contributed by atoms with Gasteiger partial charge in [-0.2, -0.15) is 0 Å². The monoisotopic (exact) mass is 451 g/mol. The van der Waals surface area contributed by atoms with Crippen molar-refractivity contribution in [2.45, 2.75) is 71.2 Å². The molecule has 0 aliphatic heterocycles. The van der Waals surface area contributed by atoms with Gasteiger partial charge in [0.1, 0.15) is 24.3 Å². The van der Waals surface area contributed by atoms with Crippen LogP contribution in [-0.2, 0) is 25.7 Å². The third-order valence-corrected chi connectivity index (χ3v) is 4.14. The van der Waals surface area contributed by atoms with E-state index >= 15 is 0 Å². The lowest BCUT2D eigenvalue weighted by Crippen LogP contribution is -2.51. The van der Waals surface area contributed by atoms with E-state index in [1.165, 1.54) is 6.92 Å². The summed E-state index contributed by atoms with van der Waals surface area (Å²) in [7, 11) is 0. The number of carboxylic acids is 1. The number of benzene rings is 1. The molecule has 0 unspecified atom stereocenters. The van der Waals surface area contributed by atoms with Gasteiger partial charge in [0.15, 0.2) is 0 Å². The summed E-state index contributed by atoms with van der Waals surface area (Å²) in [5.41, 5.74) is 0.129. The Morgan fingerprint density at radius 2 is 1.66 bits per heavy atom. The maximum absolute atomic E-state index is 12.4. The van der Waals surface area contributed by atoms with Crippen LogP contribution in [0.25, 0.3) is 0 Å². The number of nitrogens with one attached hydrogen (secondary N) is 3. The number of carboxylic acid groups (broad SMARTS) is 1. The highest BCUT2D eigenvalue weighted by atomic mass is 16.6. The highest BCUT2D eigenvalue weighted by Crippen LogP contribution is 2.09. The fourth-order valence-corrected chi connectivity index (χ4v) is 2.53. The standard InChI is InChI=1S/C22H33N3O7/c1-15(19(27)28)24-18(26)17(25-21(30)32-22(2,3)4)12-8-9-13-23-20(29)31-14-16-10-6-5-7-11-16/h5-7,10-11,15,17H,8-9,12-14H2,1-4H3,(H,23,29)(H,24,26)(H,25,30)(H,27,28)/t15-,17+/m1/s1. The van der Waals surface area contributed by atoms with Gasteiger partial charge < -0.3 is 30.5 Å². The van der Waals surface area contributed by atoms with Crippen LogP contribution in [0.15, 0.2) is 30.3 Å². The number of carbonyl (C=O) groups excluding carboxylic acids is 3. The van der Waals surface area contributed by atoms with Crippen LogP contribution < -0.4 is 16.0 Å². The Kier molecular flexibility index (Phi) is 11.0. The molecule has 0 aliphatic carbocycles. The normalized spacial score (nSPS) is 12.8. The van der Waals surface area contributed by atoms with Crippen molar-refractivity contribution in [3.8, 4) is 0 Å². The van der Waals surface area contributed by atoms with Crippen LogP contribution in [-0.4, -0.2) is 53.4 Å². The smallest absolute Gasteiger partial charge is 0.408 e. The van der Waals surface area contributed by atoms with Crippen LogP contribution in [0.5, 0.6) is 0 Å². The van der Waals surface area contributed by atoms with Gasteiger partial charge in [-0.1, -0.05) is 30.3 Å². The lowest BCUT2D eigenvalue weighted by atomic mass is 10.1. The van der Waals surface area contributed by atoms with E-state index in [0.29, 0.717) is 19.4 Å². The van der Waals surface area contributed by atoms with Crippen molar-refractivity contribution in [2.75, 3.05) is 6.54 Å². The number of ether oxygens (including phenoxy) is 2. The first kappa shape index (κ1) is 26.7. The third kappa shape index (κ3) is 11.8. The molecule has 0 saturated heterocycles. The topological polar surface area (TPSA) is 143 Å². The van der Waals surface area contributed by atoms with Crippen LogP contribution in [0.2, 0.25) is 0 Å². The zero-order chi connectivity index (χ0) is 24.1. The number of hydrogen-bond acceptors (Lipinski definition) is 6. The molecule has 10 nitrogen and oxygen atoms in total. The molecule has 0 aliphatic rings. The fourth-order valence-electron chi connectivity index (χ4n) is 2.53. The molecule has 0 radical (unpaired) electrons. The van der Waals surface area contributed by atoms with Crippen molar-refractivity contribution in [3.05, 3.63) is 35.9 Å². The summed E-state index contributed by atoms with van der Waals surface area (Å²) in [6, 6.07) is 7.19. The summed E-state index contributed by atoms with van der Waals surface area (Å²) < 4.78 is 10.3. The van der Waals surface area contributed by atoms with Crippen LogP contribution in [0.4, 0.5) is 9.59 Å². The maximum Gasteiger partial charge on any atom is 0.408 e. The maximum atomic E-state index is 12.4. The van der Waals surface area contributed by atoms with Gasteiger partial charge in [0.25, 0.3) is 0 Å². The van der Waals surface area contributed by atoms with Gasteiger partial charge in [-0.3, -0.25) is 9.59 Å². The molecule has 0 aromatic heterocycles. The molecule has 178 valence electrons. The van der Waals surface area contributed by atoms with Crippen LogP contribution in [0.1, 0.15) is 52.5 Å². The molecule has 0 saturated carbocycles. The SMILES string of the molecule is C[C@@H](NC(=O)[C@H](CCCCNC(=O)OCc1ccccc1)NC(=O)OC(C)(C)C)C(=O)O. The summed E-state index contributed by atoms with van der Waals surface area (Å²) in [4.78, 5) is 47.2. The van der Waals surface area contributed by atoms with Gasteiger partial charge in [-0.25, -0.2) is 9.59 Å². The van der Waals surface area contributed by atoms with Gasteiger partial charge in [0, 0.05) is 6.54 Å². The molecule has 0 heterocycles. The van der Waals surface area contributed by atoms with E-state index in [9.17, 15) is 19.2 Å². The Bertz CT molecular complexity index is 763. The number of unbranched alkanes of at least 4 members (excludes halogenated alkanes) is 1. The molecule has 1 aromatic carbocycles. The average Bonchev–Trinajstić information content (AvgIpc) is 2.70. The second kappa shape index (κ2) is 13.2. The Labute approximate surface area is 188 Å². The molecule has 2 atom stereocenters. The highest BCUT2D eigenvalue weighted by molar-refractivity contribution is 5.89. The predicted molar refractivity (Wildman–Crippen MR) is 117 cm³/mol. The number of alkyl carbamates (subject to hydrolysis) is 2. The first-order chi connectivity index (χ1) is 15.0. The molecule has 10 heteroatoms. The van der Waals surface area contributed by atoms with E-state index in [0.717, 1.165) is 5.56 Å². The molecule has 1 aromatic rings. The zero-order valence-corrected chi connectivity index (χ0v) is 19.0. The lowest BCUT2D eigenvalue weighted by Gasteiger charge is -2.24. The minimum atomic E-state index is -1.19. The van der Waals surface area contributed by atoms with Crippen molar-refractivity contribution in [1.29, 1.82) is 0 Å². The number of rotatable bonds is 11. The Balaban J connectivity index is 2.45. The summed E-state index contributed by atoms with van der Waals surface area (Å²) in [5.74, 6) is -1.81. The molecular formula is C22H33N3O7. The molecule has 0 bridgehead atoms. The van der Waals surface area contributed by atoms with Crippen LogP contribution in [0, 0.1) is 0 Å². The van der Waals surface area contributed by atoms with Gasteiger partial charge >= 0.3 is 18.2 Å². The number of aliphatic carboxylic acids is 1. The summed E-state index contributed by atoms with van der Waals surface area (Å²) >= 11 is 0. The highest BCUT2D eigenvalue weighted by Gasteiger charge is 2.26. The molecule has 0 fully saturated rings. The molecular weight excluding hydrogens is 418 g/mol. The van der Waals surface area contributed by atoms with Crippen molar-refractivity contribution < 1.29 is 33.8 Å². The molecule has 1 rings (SSSR count). The molecule has 3 amide bonds. The minimum Gasteiger partial charge on any atom is -0.480 e. The first-order valence-corrected chi connectivity index (χ1v) is 10.4. The Hall–Kier alpha value is -3.30. The molecule has 32 heavy (non-hydrogen) atoms. The van der Waals surface area contributed by atoms with Gasteiger partial charge in [0.2, 0.25) is 5.91 Å². The third-order valence-electron chi connectivity index (χ3n) is 4.14. The van der Waals surface area contributed by atoms with Gasteiger partial charge in [-0.15, -0.1) is 0 Å². The summed E-state index contributed by atoms with van der Waals surface area (Å²) in [6.07, 6.45) is -0.0882. The van der Waals surface area contributed by atoms with Crippen molar-refractivity contribution >= 4 is 24.1 Å². The minimum absolute atomic E-state index is 0.163. The number of hydrogen-bond donors (Lipinski definition) is 4. The number of carbonyl (C=O) groups is 4. The van der Waals surface area contributed by atoms with E-state index in [-0.39, 0.29) is 13.0 Å². The predicted octanol–water partition coefficient (Wildman–Crippen LogP) is 2.57. The second-order valence-electron chi connectivity index (χ2n) is 8.25. The number of amides is 3. The quantitative estimate of drug-likeness (QED) is 0.379. The molecule has 0 spiro atoms. The van der Waals surface area contributed by atoms with E-state index in [2.05, 4.69) is 16.0 Å². The average molecular weight is 452 g/mol. The van der Waals surface area contributed by atoms with Gasteiger partial charge in [-0.05, 0) is 52.5 Å². The van der Waals surface area contributed by atoms with E-state index in [1.807, 2.05) is 30.3 Å². The van der Waals surface area contributed by atoms with Gasteiger partial charge in [0.05, 0.1) is 0 Å². The van der Waals surface area contributed by atoms with E-state index < -0.39 is 41.7 Å². The van der Waals surface area contributed by atoms with Crippen molar-refractivity contribution in [2.24, 2.45) is 0 Å². The Morgan fingerprint density at radius 1 is 1.00 bits per heavy atom. The van der Waals surface area contributed by atoms with Crippen molar-refractivity contribution in [1.82, 2.24) is 16.0 Å². The summed E-state index contributed by atoms with van der Waals surface area (Å²) in [5, 5.41) is 16.4. The van der Waals surface area contributed by atoms with Crippen LogP contribution in [0.3, 0.4) is 0 Å². The van der Waals surface area contributed by atoms with Crippen molar-refractivity contribution in [3.63, 3.8) is 0 Å². The molecule has 4 N–H and O–H groups in total. The largest absolute Gasteiger partial charge is 0.480 e. The zero-order valence-electron chi connectivity index (χ0n) is 19.0. The second-order valence-corrected chi connectivity index (χ2v) is 8.25. The summed E-state index contributed by atoms with van der Waals surface area (Å²) in [6.45, 7) is 6.89. The fraction of sp³-hybridized carbons (Fsp3) is 0.545. The Morgan fingerprint density at radius 3 is 2.25 bits per heavy atom. The van der Waals surface area contributed by atoms with E-state index in [4.69, 9.17) is 14.6 Å². The first-order valence-electron chi connectivity index (χ1n) is 10.4.